The number of carboxylic acids is 1. The summed E-state index contributed by atoms with van der Waals surface area (Å²) in [6.45, 7) is 0.189. The Bertz CT molecular complexity index is 371. The summed E-state index contributed by atoms with van der Waals surface area (Å²) in [5, 5.41) is 10.9. The summed E-state index contributed by atoms with van der Waals surface area (Å²) in [4.78, 5) is 10.1. The standard InChI is InChI=1S/C10H11F2NO3/c11-7-1-2-9(8(12)5-7)16-4-3-13-6-10(14)15/h1-2,5,13H,3-4,6H2,(H,14,15). The van der Waals surface area contributed by atoms with Crippen molar-refractivity contribution in [3.05, 3.63) is 29.8 Å². The molecular weight excluding hydrogens is 220 g/mol. The van der Waals surface area contributed by atoms with Crippen LogP contribution in [0.1, 0.15) is 0 Å². The Hall–Kier alpha value is -1.69. The molecule has 1 rings (SSSR count). The highest BCUT2D eigenvalue weighted by atomic mass is 19.1. The van der Waals surface area contributed by atoms with E-state index >= 15 is 0 Å². The Morgan fingerprint density at radius 2 is 2.19 bits per heavy atom. The summed E-state index contributed by atoms with van der Waals surface area (Å²) < 4.78 is 30.5. The summed E-state index contributed by atoms with van der Waals surface area (Å²) in [6, 6.07) is 2.99. The number of ether oxygens (including phenoxy) is 1. The molecule has 0 aliphatic carbocycles. The highest BCUT2D eigenvalue weighted by molar-refractivity contribution is 5.68. The summed E-state index contributed by atoms with van der Waals surface area (Å²) in [5.74, 6) is -2.49. The smallest absolute Gasteiger partial charge is 0.317 e. The van der Waals surface area contributed by atoms with Crippen LogP contribution in [0.3, 0.4) is 0 Å². The summed E-state index contributed by atoms with van der Waals surface area (Å²) in [7, 11) is 0. The summed E-state index contributed by atoms with van der Waals surface area (Å²) in [5.41, 5.74) is 0. The normalized spacial score (nSPS) is 10.1. The van der Waals surface area contributed by atoms with Crippen LogP contribution in [0.4, 0.5) is 8.78 Å². The fourth-order valence-electron chi connectivity index (χ4n) is 1.02. The van der Waals surface area contributed by atoms with Gasteiger partial charge in [-0.1, -0.05) is 0 Å². The Morgan fingerprint density at radius 3 is 2.81 bits per heavy atom. The number of nitrogens with one attached hydrogen (secondary N) is 1. The molecule has 0 spiro atoms. The Labute approximate surface area is 90.8 Å². The van der Waals surface area contributed by atoms with Crippen LogP contribution in [0.5, 0.6) is 5.75 Å². The number of benzene rings is 1. The Balaban J connectivity index is 2.29. The van der Waals surface area contributed by atoms with Crippen LogP contribution in [0, 0.1) is 11.6 Å². The van der Waals surface area contributed by atoms with Gasteiger partial charge in [0.2, 0.25) is 0 Å². The second-order valence-electron chi connectivity index (χ2n) is 2.99. The lowest BCUT2D eigenvalue weighted by atomic mass is 10.3. The van der Waals surface area contributed by atoms with Gasteiger partial charge in [0.05, 0.1) is 6.54 Å². The quantitative estimate of drug-likeness (QED) is 0.717. The molecule has 0 saturated carbocycles. The molecular formula is C10H11F2NO3. The maximum Gasteiger partial charge on any atom is 0.317 e. The van der Waals surface area contributed by atoms with Gasteiger partial charge >= 0.3 is 5.97 Å². The van der Waals surface area contributed by atoms with E-state index in [1.807, 2.05) is 0 Å². The van der Waals surface area contributed by atoms with Crippen molar-refractivity contribution in [3.8, 4) is 5.75 Å². The molecule has 0 amide bonds. The molecule has 0 aromatic heterocycles. The molecule has 0 saturated heterocycles. The van der Waals surface area contributed by atoms with Crippen LogP contribution < -0.4 is 10.1 Å². The van der Waals surface area contributed by atoms with Crippen molar-refractivity contribution in [1.82, 2.24) is 5.32 Å². The van der Waals surface area contributed by atoms with Gasteiger partial charge < -0.3 is 15.2 Å². The first-order chi connectivity index (χ1) is 7.59. The van der Waals surface area contributed by atoms with Crippen LogP contribution in [-0.4, -0.2) is 30.8 Å². The van der Waals surface area contributed by atoms with Gasteiger partial charge in [0, 0.05) is 12.6 Å². The summed E-state index contributed by atoms with van der Waals surface area (Å²) >= 11 is 0. The van der Waals surface area contributed by atoms with E-state index in [9.17, 15) is 13.6 Å². The largest absolute Gasteiger partial charge is 0.489 e. The molecule has 0 unspecified atom stereocenters. The topological polar surface area (TPSA) is 58.6 Å². The number of halogens is 2. The van der Waals surface area contributed by atoms with Crippen molar-refractivity contribution in [3.63, 3.8) is 0 Å². The number of carboxylic acid groups (broad SMARTS) is 1. The molecule has 0 radical (unpaired) electrons. The van der Waals surface area contributed by atoms with E-state index in [0.717, 1.165) is 12.1 Å². The lowest BCUT2D eigenvalue weighted by Crippen LogP contribution is -2.27. The van der Waals surface area contributed by atoms with Gasteiger partial charge in [-0.3, -0.25) is 4.79 Å². The van der Waals surface area contributed by atoms with Crippen LogP contribution in [0.2, 0.25) is 0 Å². The van der Waals surface area contributed by atoms with Gasteiger partial charge in [-0.15, -0.1) is 0 Å². The van der Waals surface area contributed by atoms with Gasteiger partial charge in [0.15, 0.2) is 11.6 Å². The minimum atomic E-state index is -0.979. The molecule has 0 bridgehead atoms. The number of hydrogen-bond donors (Lipinski definition) is 2. The molecule has 0 fully saturated rings. The molecule has 4 nitrogen and oxygen atoms in total. The minimum absolute atomic E-state index is 0.0569. The first-order valence-corrected chi connectivity index (χ1v) is 4.60. The van der Waals surface area contributed by atoms with Crippen LogP contribution in [0.25, 0.3) is 0 Å². The van der Waals surface area contributed by atoms with E-state index < -0.39 is 17.6 Å². The van der Waals surface area contributed by atoms with Crippen molar-refractivity contribution < 1.29 is 23.4 Å². The fourth-order valence-corrected chi connectivity index (χ4v) is 1.02. The summed E-state index contributed by atoms with van der Waals surface area (Å²) in [6.07, 6.45) is 0. The molecule has 0 aliphatic rings. The van der Waals surface area contributed by atoms with Crippen molar-refractivity contribution >= 4 is 5.97 Å². The lowest BCUT2D eigenvalue weighted by molar-refractivity contribution is -0.135. The zero-order chi connectivity index (χ0) is 12.0. The van der Waals surface area contributed by atoms with E-state index in [1.54, 1.807) is 0 Å². The third-order valence-corrected chi connectivity index (χ3v) is 1.71. The number of rotatable bonds is 6. The average Bonchev–Trinajstić information content (AvgIpc) is 2.20. The highest BCUT2D eigenvalue weighted by Gasteiger charge is 2.04. The lowest BCUT2D eigenvalue weighted by Gasteiger charge is -2.07. The van der Waals surface area contributed by atoms with Gasteiger partial charge in [-0.2, -0.15) is 0 Å². The van der Waals surface area contributed by atoms with Crippen molar-refractivity contribution in [2.45, 2.75) is 0 Å². The third kappa shape index (κ3) is 4.22. The van der Waals surface area contributed by atoms with Crippen molar-refractivity contribution in [1.29, 1.82) is 0 Å². The Kier molecular flexibility index (Phi) is 4.65. The van der Waals surface area contributed by atoms with Crippen molar-refractivity contribution in [2.75, 3.05) is 19.7 Å². The van der Waals surface area contributed by atoms with Gasteiger partial charge in [0.25, 0.3) is 0 Å². The average molecular weight is 231 g/mol. The number of hydrogen-bond acceptors (Lipinski definition) is 3. The maximum atomic E-state index is 13.0. The zero-order valence-electron chi connectivity index (χ0n) is 8.37. The first-order valence-electron chi connectivity index (χ1n) is 4.60. The highest BCUT2D eigenvalue weighted by Crippen LogP contribution is 2.16. The Morgan fingerprint density at radius 1 is 1.44 bits per heavy atom. The van der Waals surface area contributed by atoms with Gasteiger partial charge in [-0.05, 0) is 12.1 Å². The molecule has 2 N–H and O–H groups in total. The molecule has 1 aromatic rings. The fraction of sp³-hybridized carbons (Fsp3) is 0.300. The zero-order valence-corrected chi connectivity index (χ0v) is 8.37. The molecule has 0 heterocycles. The SMILES string of the molecule is O=C(O)CNCCOc1ccc(F)cc1F. The number of aliphatic carboxylic acids is 1. The molecule has 88 valence electrons. The van der Waals surface area contributed by atoms with Crippen LogP contribution >= 0.6 is 0 Å². The molecule has 6 heteroatoms. The second-order valence-corrected chi connectivity index (χ2v) is 2.99. The number of carbonyl (C=O) groups is 1. The maximum absolute atomic E-state index is 13.0. The molecule has 0 atom stereocenters. The molecule has 16 heavy (non-hydrogen) atoms. The first kappa shape index (κ1) is 12.4. The van der Waals surface area contributed by atoms with E-state index in [0.29, 0.717) is 0 Å². The second kappa shape index (κ2) is 6.02. The third-order valence-electron chi connectivity index (χ3n) is 1.71. The predicted octanol–water partition coefficient (Wildman–Crippen LogP) is 1.02. The van der Waals surface area contributed by atoms with E-state index in [2.05, 4.69) is 5.32 Å². The minimum Gasteiger partial charge on any atom is -0.489 e. The van der Waals surface area contributed by atoms with E-state index in [1.165, 1.54) is 6.07 Å². The predicted molar refractivity (Wildman–Crippen MR) is 52.4 cm³/mol. The molecule has 0 aliphatic heterocycles. The van der Waals surface area contributed by atoms with Crippen LogP contribution in [0.15, 0.2) is 18.2 Å². The van der Waals surface area contributed by atoms with E-state index in [4.69, 9.17) is 9.84 Å². The molecule has 1 aromatic carbocycles. The van der Waals surface area contributed by atoms with E-state index in [-0.39, 0.29) is 25.4 Å². The monoisotopic (exact) mass is 231 g/mol. The van der Waals surface area contributed by atoms with Crippen molar-refractivity contribution in [2.24, 2.45) is 0 Å². The van der Waals surface area contributed by atoms with Gasteiger partial charge in [-0.25, -0.2) is 8.78 Å². The van der Waals surface area contributed by atoms with Crippen LogP contribution in [-0.2, 0) is 4.79 Å². The van der Waals surface area contributed by atoms with Gasteiger partial charge in [0.1, 0.15) is 12.4 Å².